The lowest BCUT2D eigenvalue weighted by Gasteiger charge is -2.10. The molecule has 4 aromatic carbocycles. The van der Waals surface area contributed by atoms with Gasteiger partial charge >= 0.3 is 11.9 Å². The Hall–Kier alpha value is -4.98. The van der Waals surface area contributed by atoms with Gasteiger partial charge in [0.2, 0.25) is 0 Å². The number of carbonyl (C=O) groups is 2. The summed E-state index contributed by atoms with van der Waals surface area (Å²) in [5.41, 5.74) is 12.9. The van der Waals surface area contributed by atoms with Gasteiger partial charge in [0.25, 0.3) is 0 Å². The lowest BCUT2D eigenvalue weighted by atomic mass is 10.1. The van der Waals surface area contributed by atoms with Crippen LogP contribution in [-0.4, -0.2) is 21.9 Å². The van der Waals surface area contributed by atoms with Crippen molar-refractivity contribution in [3.05, 3.63) is 107 Å². The minimum atomic E-state index is -0.795. The number of nitrogens with two attached hydrogens (primary N) is 2. The Labute approximate surface area is 206 Å². The fourth-order valence-corrected chi connectivity index (χ4v) is 3.85. The third kappa shape index (κ3) is 4.78. The molecule has 0 bridgehead atoms. The van der Waals surface area contributed by atoms with Gasteiger partial charge in [-0.05, 0) is 44.8 Å². The second-order valence-corrected chi connectivity index (χ2v) is 8.21. The Bertz CT molecular complexity index is 1500. The van der Waals surface area contributed by atoms with Crippen LogP contribution in [0.4, 0.5) is 11.6 Å². The van der Waals surface area contributed by atoms with Gasteiger partial charge in [0.05, 0.1) is 0 Å². The quantitative estimate of drug-likeness (QED) is 0.337. The van der Waals surface area contributed by atoms with Crippen molar-refractivity contribution in [3.8, 4) is 0 Å². The van der Waals surface area contributed by atoms with E-state index in [-0.39, 0.29) is 36.2 Å². The fraction of sp³-hybridized carbons (Fsp3) is 0.0714. The van der Waals surface area contributed by atoms with Crippen LogP contribution in [0.5, 0.6) is 0 Å². The van der Waals surface area contributed by atoms with Gasteiger partial charge < -0.3 is 20.9 Å². The lowest BCUT2D eigenvalue weighted by molar-refractivity contribution is 0.0450. The van der Waals surface area contributed by atoms with E-state index in [1.54, 1.807) is 0 Å². The maximum absolute atomic E-state index is 12.6. The summed E-state index contributed by atoms with van der Waals surface area (Å²) in [6, 6.07) is 27.2. The van der Waals surface area contributed by atoms with E-state index in [9.17, 15) is 9.59 Å². The van der Waals surface area contributed by atoms with Crippen molar-refractivity contribution >= 4 is 45.1 Å². The lowest BCUT2D eigenvalue weighted by Crippen LogP contribution is -2.18. The first kappa shape index (κ1) is 22.8. The second-order valence-electron chi connectivity index (χ2n) is 8.21. The summed E-state index contributed by atoms with van der Waals surface area (Å²) >= 11 is 0. The van der Waals surface area contributed by atoms with Crippen molar-refractivity contribution in [2.75, 3.05) is 11.5 Å². The Balaban J connectivity index is 1.25. The molecule has 0 saturated heterocycles. The number of nitrogens with zero attached hydrogens (tertiary/aromatic N) is 2. The first-order valence-electron chi connectivity index (χ1n) is 11.2. The van der Waals surface area contributed by atoms with Gasteiger partial charge in [0, 0.05) is 0 Å². The zero-order chi connectivity index (χ0) is 25.1. The normalized spacial score (nSPS) is 10.9. The number of carbonyl (C=O) groups excluding carboxylic acids is 2. The maximum atomic E-state index is 12.6. The van der Waals surface area contributed by atoms with Crippen molar-refractivity contribution < 1.29 is 19.1 Å². The Morgan fingerprint density at radius 1 is 0.583 bits per heavy atom. The third-order valence-corrected chi connectivity index (χ3v) is 5.70. The first-order valence-corrected chi connectivity index (χ1v) is 11.2. The summed E-state index contributed by atoms with van der Waals surface area (Å²) in [5.74, 6) is -2.14. The molecule has 0 aliphatic rings. The molecule has 0 spiro atoms. The number of hydrogen-bond donors (Lipinski definition) is 2. The van der Waals surface area contributed by atoms with Gasteiger partial charge in [-0.25, -0.2) is 19.6 Å². The van der Waals surface area contributed by atoms with E-state index in [1.807, 2.05) is 84.9 Å². The molecule has 8 nitrogen and oxygen atoms in total. The highest BCUT2D eigenvalue weighted by Gasteiger charge is 2.22. The molecule has 0 aliphatic heterocycles. The smallest absolute Gasteiger partial charge is 0.361 e. The van der Waals surface area contributed by atoms with Crippen LogP contribution in [0.25, 0.3) is 21.5 Å². The number of anilines is 2. The van der Waals surface area contributed by atoms with Gasteiger partial charge in [-0.2, -0.15) is 0 Å². The van der Waals surface area contributed by atoms with Crippen molar-refractivity contribution in [1.29, 1.82) is 0 Å². The van der Waals surface area contributed by atoms with Crippen molar-refractivity contribution in [2.45, 2.75) is 13.2 Å². The number of nitrogen functional groups attached to an aromatic ring is 2. The molecule has 0 fully saturated rings. The van der Waals surface area contributed by atoms with Crippen LogP contribution in [0.3, 0.4) is 0 Å². The fourth-order valence-electron chi connectivity index (χ4n) is 3.85. The number of esters is 2. The number of fused-ring (bicyclic) bond motifs is 2. The van der Waals surface area contributed by atoms with E-state index in [4.69, 9.17) is 20.9 Å². The molecule has 8 heteroatoms. The van der Waals surface area contributed by atoms with Crippen LogP contribution >= 0.6 is 0 Å². The summed E-state index contributed by atoms with van der Waals surface area (Å²) < 4.78 is 10.7. The Morgan fingerprint density at radius 2 is 0.972 bits per heavy atom. The zero-order valence-corrected chi connectivity index (χ0v) is 19.2. The van der Waals surface area contributed by atoms with E-state index in [1.165, 1.54) is 0 Å². The van der Waals surface area contributed by atoms with Gasteiger partial charge in [-0.1, -0.05) is 72.8 Å². The summed E-state index contributed by atoms with van der Waals surface area (Å²) in [5, 5.41) is 4.22. The molecule has 0 aliphatic carbocycles. The Morgan fingerprint density at radius 3 is 1.39 bits per heavy atom. The minimum absolute atomic E-state index is 0.0141. The maximum Gasteiger partial charge on any atom is 0.361 e. The average Bonchev–Trinajstić information content (AvgIpc) is 2.91. The molecule has 5 aromatic rings. The summed E-state index contributed by atoms with van der Waals surface area (Å²) in [6.07, 6.45) is 0. The van der Waals surface area contributed by atoms with E-state index in [0.717, 1.165) is 32.7 Å². The average molecular weight is 479 g/mol. The summed E-state index contributed by atoms with van der Waals surface area (Å²) in [4.78, 5) is 33.1. The molecule has 4 N–H and O–H groups in total. The molecule has 0 radical (unpaired) electrons. The van der Waals surface area contributed by atoms with E-state index >= 15 is 0 Å². The zero-order valence-electron chi connectivity index (χ0n) is 19.2. The molecule has 0 amide bonds. The SMILES string of the molecule is Nc1nc(C(=O)OCc2ccc3ccccc3c2)c(N)nc1C(=O)OCc1ccc2ccccc2c1. The van der Waals surface area contributed by atoms with E-state index in [0.29, 0.717) is 0 Å². The topological polar surface area (TPSA) is 130 Å². The predicted molar refractivity (Wildman–Crippen MR) is 137 cm³/mol. The monoisotopic (exact) mass is 478 g/mol. The van der Waals surface area contributed by atoms with Crippen LogP contribution in [0.15, 0.2) is 84.9 Å². The van der Waals surface area contributed by atoms with Crippen LogP contribution in [0.2, 0.25) is 0 Å². The third-order valence-electron chi connectivity index (χ3n) is 5.70. The van der Waals surface area contributed by atoms with Crippen molar-refractivity contribution in [3.63, 3.8) is 0 Å². The Kier molecular flexibility index (Phi) is 6.15. The van der Waals surface area contributed by atoms with Gasteiger partial charge in [-0.15, -0.1) is 0 Å². The van der Waals surface area contributed by atoms with Crippen LogP contribution in [0.1, 0.15) is 32.1 Å². The standard InChI is InChI=1S/C28H22N4O4/c29-25-23(27(33)35-15-17-9-11-19-5-1-3-7-21(19)13-17)31-26(30)24(32-25)28(34)36-16-18-10-12-20-6-2-4-8-22(20)14-18/h1-14H,15-16H2,(H2,30,31)(H2,29,32). The molecule has 1 heterocycles. The molecule has 5 rings (SSSR count). The molecular formula is C28H22N4O4. The highest BCUT2D eigenvalue weighted by atomic mass is 16.5. The van der Waals surface area contributed by atoms with E-state index in [2.05, 4.69) is 9.97 Å². The number of aromatic nitrogens is 2. The van der Waals surface area contributed by atoms with Crippen molar-refractivity contribution in [1.82, 2.24) is 9.97 Å². The number of benzene rings is 4. The number of rotatable bonds is 6. The summed E-state index contributed by atoms with van der Waals surface area (Å²) in [7, 11) is 0. The van der Waals surface area contributed by atoms with Crippen LogP contribution in [-0.2, 0) is 22.7 Å². The first-order chi connectivity index (χ1) is 17.5. The number of ether oxygens (including phenoxy) is 2. The van der Waals surface area contributed by atoms with E-state index < -0.39 is 11.9 Å². The second kappa shape index (κ2) is 9.71. The predicted octanol–water partition coefficient (Wildman–Crippen LogP) is 4.66. The van der Waals surface area contributed by atoms with Gasteiger partial charge in [0.15, 0.2) is 23.0 Å². The van der Waals surface area contributed by atoms with Gasteiger partial charge in [0.1, 0.15) is 13.2 Å². The molecule has 1 aromatic heterocycles. The molecule has 0 saturated carbocycles. The molecule has 36 heavy (non-hydrogen) atoms. The molecule has 0 atom stereocenters. The molecule has 0 unspecified atom stereocenters. The largest absolute Gasteiger partial charge is 0.456 e. The highest BCUT2D eigenvalue weighted by molar-refractivity contribution is 5.97. The van der Waals surface area contributed by atoms with Crippen LogP contribution < -0.4 is 11.5 Å². The number of hydrogen-bond acceptors (Lipinski definition) is 8. The molecular weight excluding hydrogens is 456 g/mol. The molecule has 178 valence electrons. The minimum Gasteiger partial charge on any atom is -0.456 e. The highest BCUT2D eigenvalue weighted by Crippen LogP contribution is 2.20. The van der Waals surface area contributed by atoms with Crippen molar-refractivity contribution in [2.24, 2.45) is 0 Å². The van der Waals surface area contributed by atoms with Crippen LogP contribution in [0, 0.1) is 0 Å². The van der Waals surface area contributed by atoms with Gasteiger partial charge in [-0.3, -0.25) is 0 Å². The summed E-state index contributed by atoms with van der Waals surface area (Å²) in [6.45, 7) is 0.0283.